The zero-order valence-corrected chi connectivity index (χ0v) is 11.8. The average Bonchev–Trinajstić information content (AvgIpc) is 2.33. The molecule has 1 heterocycles. The lowest BCUT2D eigenvalue weighted by molar-refractivity contribution is -0.131. The highest BCUT2D eigenvalue weighted by atomic mass is 35.5. The summed E-state index contributed by atoms with van der Waals surface area (Å²) in [6, 6.07) is 7.27. The van der Waals surface area contributed by atoms with Crippen LogP contribution in [0.1, 0.15) is 6.42 Å². The molecular formula is C14H19ClN2O2. The van der Waals surface area contributed by atoms with Gasteiger partial charge in [-0.3, -0.25) is 4.79 Å². The topological polar surface area (TPSA) is 41.6 Å². The van der Waals surface area contributed by atoms with E-state index < -0.39 is 0 Å². The number of hydrogen-bond acceptors (Lipinski definition) is 3. The third-order valence-corrected chi connectivity index (χ3v) is 3.48. The number of halogens is 1. The first kappa shape index (κ1) is 14.2. The summed E-state index contributed by atoms with van der Waals surface area (Å²) in [4.78, 5) is 13.6. The summed E-state index contributed by atoms with van der Waals surface area (Å²) in [7, 11) is 1.82. The van der Waals surface area contributed by atoms with E-state index in [1.54, 1.807) is 17.0 Å². The Hall–Kier alpha value is -1.26. The predicted molar refractivity (Wildman–Crippen MR) is 75.6 cm³/mol. The van der Waals surface area contributed by atoms with Gasteiger partial charge in [0, 0.05) is 18.5 Å². The van der Waals surface area contributed by atoms with E-state index in [4.69, 9.17) is 16.3 Å². The summed E-state index contributed by atoms with van der Waals surface area (Å²) in [5, 5.41) is 3.82. The van der Waals surface area contributed by atoms with Crippen molar-refractivity contribution in [3.63, 3.8) is 0 Å². The second-order valence-corrected chi connectivity index (χ2v) is 5.29. The van der Waals surface area contributed by atoms with Crippen LogP contribution in [-0.4, -0.2) is 44.1 Å². The Morgan fingerprint density at radius 3 is 2.95 bits per heavy atom. The minimum Gasteiger partial charge on any atom is -0.492 e. The number of benzene rings is 1. The monoisotopic (exact) mass is 282 g/mol. The van der Waals surface area contributed by atoms with Crippen LogP contribution in [-0.2, 0) is 4.79 Å². The zero-order valence-electron chi connectivity index (χ0n) is 11.1. The number of amides is 1. The third kappa shape index (κ3) is 4.40. The molecule has 0 bridgehead atoms. The molecule has 0 atom stereocenters. The summed E-state index contributed by atoms with van der Waals surface area (Å²) in [5.74, 6) is 1.42. The van der Waals surface area contributed by atoms with Crippen molar-refractivity contribution in [2.45, 2.75) is 6.42 Å². The van der Waals surface area contributed by atoms with Gasteiger partial charge in [0.15, 0.2) is 0 Å². The van der Waals surface area contributed by atoms with E-state index >= 15 is 0 Å². The van der Waals surface area contributed by atoms with Gasteiger partial charge in [0.25, 0.3) is 0 Å². The molecule has 5 heteroatoms. The van der Waals surface area contributed by atoms with Crippen molar-refractivity contribution < 1.29 is 9.53 Å². The van der Waals surface area contributed by atoms with Crippen LogP contribution in [0.15, 0.2) is 24.3 Å². The first-order chi connectivity index (χ1) is 9.15. The first-order valence-electron chi connectivity index (χ1n) is 6.48. The molecule has 0 spiro atoms. The normalized spacial score (nSPS) is 14.8. The molecule has 2 rings (SSSR count). The second-order valence-electron chi connectivity index (χ2n) is 4.85. The minimum absolute atomic E-state index is 0.182. The van der Waals surface area contributed by atoms with Gasteiger partial charge in [-0.2, -0.15) is 0 Å². The van der Waals surface area contributed by atoms with Crippen LogP contribution in [0.25, 0.3) is 0 Å². The van der Waals surface area contributed by atoms with Gasteiger partial charge in [-0.1, -0.05) is 17.7 Å². The molecule has 1 aromatic carbocycles. The van der Waals surface area contributed by atoms with Crippen molar-refractivity contribution in [3.05, 3.63) is 29.3 Å². The average molecular weight is 283 g/mol. The lowest BCUT2D eigenvalue weighted by atomic mass is 9.99. The highest BCUT2D eigenvalue weighted by Crippen LogP contribution is 2.17. The highest BCUT2D eigenvalue weighted by Gasteiger charge is 2.21. The Morgan fingerprint density at radius 1 is 1.53 bits per heavy atom. The van der Waals surface area contributed by atoms with Crippen molar-refractivity contribution in [3.8, 4) is 5.75 Å². The number of ether oxygens (including phenoxy) is 1. The number of nitrogens with zero attached hydrogens (tertiary/aromatic N) is 1. The van der Waals surface area contributed by atoms with E-state index in [9.17, 15) is 4.79 Å². The van der Waals surface area contributed by atoms with Crippen LogP contribution in [0.5, 0.6) is 5.75 Å². The van der Waals surface area contributed by atoms with Gasteiger partial charge >= 0.3 is 0 Å². The largest absolute Gasteiger partial charge is 0.492 e. The molecule has 1 aliphatic heterocycles. The molecule has 0 aromatic heterocycles. The first-order valence-corrected chi connectivity index (χ1v) is 6.86. The zero-order chi connectivity index (χ0) is 13.7. The molecule has 0 radical (unpaired) electrons. The van der Waals surface area contributed by atoms with Crippen LogP contribution >= 0.6 is 11.6 Å². The predicted octanol–water partition coefficient (Wildman–Crippen LogP) is 1.79. The molecule has 1 N–H and O–H groups in total. The molecule has 1 saturated heterocycles. The van der Waals surface area contributed by atoms with Gasteiger partial charge in [0.1, 0.15) is 12.4 Å². The molecule has 1 aliphatic rings. The minimum atomic E-state index is 0.182. The Kier molecular flexibility index (Phi) is 5.05. The smallest absolute Gasteiger partial charge is 0.222 e. The summed E-state index contributed by atoms with van der Waals surface area (Å²) < 4.78 is 5.56. The van der Waals surface area contributed by atoms with E-state index in [1.165, 1.54) is 0 Å². The maximum atomic E-state index is 11.9. The lowest BCUT2D eigenvalue weighted by Crippen LogP contribution is -2.45. The number of hydrogen-bond donors (Lipinski definition) is 1. The van der Waals surface area contributed by atoms with Gasteiger partial charge in [0.05, 0.1) is 6.54 Å². The third-order valence-electron chi connectivity index (χ3n) is 3.25. The SMILES string of the molecule is CN(CCOc1cccc(Cl)c1)C(=O)CC1CNC1. The maximum absolute atomic E-state index is 11.9. The summed E-state index contributed by atoms with van der Waals surface area (Å²) >= 11 is 5.87. The molecule has 19 heavy (non-hydrogen) atoms. The fourth-order valence-electron chi connectivity index (χ4n) is 1.88. The van der Waals surface area contributed by atoms with E-state index in [1.807, 2.05) is 19.2 Å². The molecule has 0 saturated carbocycles. The molecular weight excluding hydrogens is 264 g/mol. The van der Waals surface area contributed by atoms with Crippen molar-refractivity contribution in [2.24, 2.45) is 5.92 Å². The van der Waals surface area contributed by atoms with E-state index in [-0.39, 0.29) is 5.91 Å². The Morgan fingerprint density at radius 2 is 2.32 bits per heavy atom. The standard InChI is InChI=1S/C14H19ClN2O2/c1-17(14(18)7-11-9-16-10-11)5-6-19-13-4-2-3-12(15)8-13/h2-4,8,11,16H,5-7,9-10H2,1H3. The Bertz CT molecular complexity index is 435. The number of carbonyl (C=O) groups is 1. The highest BCUT2D eigenvalue weighted by molar-refractivity contribution is 6.30. The van der Waals surface area contributed by atoms with Crippen LogP contribution in [0.3, 0.4) is 0 Å². The fraction of sp³-hybridized carbons (Fsp3) is 0.500. The van der Waals surface area contributed by atoms with Crippen LogP contribution in [0, 0.1) is 5.92 Å². The molecule has 0 aliphatic carbocycles. The van der Waals surface area contributed by atoms with Crippen LogP contribution in [0.4, 0.5) is 0 Å². The van der Waals surface area contributed by atoms with Crippen LogP contribution in [0.2, 0.25) is 5.02 Å². The van der Waals surface area contributed by atoms with Crippen LogP contribution < -0.4 is 10.1 Å². The number of carbonyl (C=O) groups excluding carboxylic acids is 1. The van der Waals surface area contributed by atoms with Crippen molar-refractivity contribution in [1.82, 2.24) is 10.2 Å². The summed E-state index contributed by atoms with van der Waals surface area (Å²) in [5.41, 5.74) is 0. The van der Waals surface area contributed by atoms with Crippen molar-refractivity contribution >= 4 is 17.5 Å². The van der Waals surface area contributed by atoms with Gasteiger partial charge < -0.3 is 15.0 Å². The molecule has 4 nitrogen and oxygen atoms in total. The quantitative estimate of drug-likeness (QED) is 0.865. The molecule has 0 unspecified atom stereocenters. The number of nitrogens with one attached hydrogen (secondary N) is 1. The molecule has 104 valence electrons. The van der Waals surface area contributed by atoms with E-state index in [0.29, 0.717) is 30.5 Å². The maximum Gasteiger partial charge on any atom is 0.222 e. The second kappa shape index (κ2) is 6.78. The molecule has 1 aromatic rings. The Balaban J connectivity index is 1.68. The lowest BCUT2D eigenvalue weighted by Gasteiger charge is -2.28. The molecule has 1 amide bonds. The van der Waals surface area contributed by atoms with Crippen molar-refractivity contribution in [2.75, 3.05) is 33.3 Å². The number of likely N-dealkylation sites (N-methyl/N-ethyl adjacent to an activating group) is 1. The van der Waals surface area contributed by atoms with Gasteiger partial charge in [-0.15, -0.1) is 0 Å². The Labute approximate surface area is 118 Å². The van der Waals surface area contributed by atoms with Gasteiger partial charge in [-0.05, 0) is 37.2 Å². The fourth-order valence-corrected chi connectivity index (χ4v) is 2.06. The van der Waals surface area contributed by atoms with Crippen molar-refractivity contribution in [1.29, 1.82) is 0 Å². The van der Waals surface area contributed by atoms with Gasteiger partial charge in [0.2, 0.25) is 5.91 Å². The summed E-state index contributed by atoms with van der Waals surface area (Å²) in [6.07, 6.45) is 0.626. The van der Waals surface area contributed by atoms with E-state index in [2.05, 4.69) is 5.32 Å². The number of rotatable bonds is 6. The van der Waals surface area contributed by atoms with Gasteiger partial charge in [-0.25, -0.2) is 0 Å². The van der Waals surface area contributed by atoms with E-state index in [0.717, 1.165) is 18.8 Å². The molecule has 1 fully saturated rings. The summed E-state index contributed by atoms with van der Waals surface area (Å²) in [6.45, 7) is 2.98.